The van der Waals surface area contributed by atoms with Crippen LogP contribution in [0.25, 0.3) is 60.5 Å². The highest BCUT2D eigenvalue weighted by molar-refractivity contribution is 7.99. The van der Waals surface area contributed by atoms with Crippen LogP contribution in [0.2, 0.25) is 0 Å². The van der Waals surface area contributed by atoms with Gasteiger partial charge in [-0.25, -0.2) is 0 Å². The summed E-state index contributed by atoms with van der Waals surface area (Å²) in [6, 6.07) is 46.5. The lowest BCUT2D eigenvalue weighted by Crippen LogP contribution is -1.94. The summed E-state index contributed by atoms with van der Waals surface area (Å²) in [5, 5.41) is 5.25. The van der Waals surface area contributed by atoms with Gasteiger partial charge < -0.3 is 4.57 Å². The van der Waals surface area contributed by atoms with E-state index < -0.39 is 0 Å². The number of para-hydroxylation sites is 2. The highest BCUT2D eigenvalue weighted by Gasteiger charge is 2.20. The topological polar surface area (TPSA) is 4.93 Å². The van der Waals surface area contributed by atoms with Gasteiger partial charge in [-0.2, -0.15) is 0 Å². The number of benzene rings is 6. The van der Waals surface area contributed by atoms with Crippen LogP contribution in [0, 0.1) is 0 Å². The number of hydrogen-bond acceptors (Lipinski definition) is 1. The molecule has 0 saturated carbocycles. The molecule has 0 amide bonds. The smallest absolute Gasteiger partial charge is 0.0541 e. The third-order valence-corrected chi connectivity index (χ3v) is 8.51. The van der Waals surface area contributed by atoms with Crippen LogP contribution in [0.3, 0.4) is 0 Å². The van der Waals surface area contributed by atoms with Gasteiger partial charge in [0, 0.05) is 31.6 Å². The maximum Gasteiger partial charge on any atom is 0.0541 e. The summed E-state index contributed by atoms with van der Waals surface area (Å²) in [6.07, 6.45) is 0. The average molecular weight is 476 g/mol. The van der Waals surface area contributed by atoms with Gasteiger partial charge in [-0.15, -0.1) is 0 Å². The first-order valence-corrected chi connectivity index (χ1v) is 13.1. The number of hydrogen-bond donors (Lipinski definition) is 0. The van der Waals surface area contributed by atoms with E-state index in [0.29, 0.717) is 0 Å². The minimum absolute atomic E-state index is 1.19. The number of aromatic nitrogens is 1. The van der Waals surface area contributed by atoms with Crippen LogP contribution in [0.15, 0.2) is 137 Å². The van der Waals surface area contributed by atoms with Crippen molar-refractivity contribution < 1.29 is 0 Å². The van der Waals surface area contributed by atoms with Crippen molar-refractivity contribution in [3.8, 4) is 27.9 Å². The zero-order valence-electron chi connectivity index (χ0n) is 19.5. The molecule has 1 nitrogen and oxygen atoms in total. The van der Waals surface area contributed by atoms with Crippen molar-refractivity contribution in [1.29, 1.82) is 0 Å². The molecule has 6 aromatic carbocycles. The highest BCUT2D eigenvalue weighted by Crippen LogP contribution is 2.48. The molecule has 1 aromatic heterocycles. The summed E-state index contributed by atoms with van der Waals surface area (Å²) in [7, 11) is 0. The summed E-state index contributed by atoms with van der Waals surface area (Å²) in [4.78, 5) is 2.67. The van der Waals surface area contributed by atoms with E-state index in [1.807, 2.05) is 11.8 Å². The number of nitrogens with zero attached hydrogens (tertiary/aromatic N) is 1. The van der Waals surface area contributed by atoms with E-state index in [1.54, 1.807) is 0 Å². The predicted molar refractivity (Wildman–Crippen MR) is 153 cm³/mol. The Labute approximate surface area is 213 Å². The van der Waals surface area contributed by atoms with Gasteiger partial charge in [-0.05, 0) is 76.2 Å². The highest BCUT2D eigenvalue weighted by atomic mass is 32.2. The van der Waals surface area contributed by atoms with Crippen molar-refractivity contribution in [1.82, 2.24) is 4.57 Å². The van der Waals surface area contributed by atoms with E-state index in [1.165, 1.54) is 70.3 Å². The Hall–Kier alpha value is -4.27. The summed E-state index contributed by atoms with van der Waals surface area (Å²) in [6.45, 7) is 0. The monoisotopic (exact) mass is 475 g/mol. The summed E-state index contributed by atoms with van der Waals surface area (Å²) in [5.41, 5.74) is 8.82. The molecule has 168 valence electrons. The fourth-order valence-corrected chi connectivity index (χ4v) is 6.88. The zero-order chi connectivity index (χ0) is 23.6. The van der Waals surface area contributed by atoms with Crippen LogP contribution in [-0.4, -0.2) is 4.57 Å². The fraction of sp³-hybridized carbons (Fsp3) is 0. The van der Waals surface area contributed by atoms with E-state index in [-0.39, 0.29) is 0 Å². The van der Waals surface area contributed by atoms with E-state index in [2.05, 4.69) is 132 Å². The lowest BCUT2D eigenvalue weighted by atomic mass is 9.94. The summed E-state index contributed by atoms with van der Waals surface area (Å²) >= 11 is 1.88. The molecule has 0 aliphatic carbocycles. The number of rotatable bonds is 2. The molecule has 0 N–H and O–H groups in total. The molecule has 7 aromatic rings. The van der Waals surface area contributed by atoms with E-state index in [0.717, 1.165) is 0 Å². The molecule has 1 aliphatic heterocycles. The van der Waals surface area contributed by atoms with E-state index >= 15 is 0 Å². The maximum atomic E-state index is 2.38. The molecular formula is C34H21NS. The van der Waals surface area contributed by atoms with Crippen molar-refractivity contribution in [2.75, 3.05) is 0 Å². The molecule has 0 unspecified atom stereocenters. The van der Waals surface area contributed by atoms with Gasteiger partial charge in [-0.3, -0.25) is 0 Å². The quantitative estimate of drug-likeness (QED) is 0.241. The molecule has 0 atom stereocenters. The third-order valence-electron chi connectivity index (χ3n) is 7.38. The molecular weight excluding hydrogens is 454 g/mol. The van der Waals surface area contributed by atoms with Crippen LogP contribution in [0.1, 0.15) is 0 Å². The lowest BCUT2D eigenvalue weighted by molar-refractivity contribution is 1.18. The van der Waals surface area contributed by atoms with E-state index in [4.69, 9.17) is 0 Å². The first-order chi connectivity index (χ1) is 17.8. The standard InChI is InChI=1S/C34H21NS/c1-2-10-25(11-3-1)35-30-14-5-4-12-26(30)28-20-23(16-18-31(28)35)24-17-19-32-29(21-24)27-13-6-8-22-9-7-15-33(36-32)34(22)27/h1-21H. The second-order valence-corrected chi connectivity index (χ2v) is 10.5. The first-order valence-electron chi connectivity index (χ1n) is 12.3. The maximum absolute atomic E-state index is 2.38. The van der Waals surface area contributed by atoms with Crippen LogP contribution in [0.4, 0.5) is 0 Å². The van der Waals surface area contributed by atoms with Gasteiger partial charge in [0.05, 0.1) is 11.0 Å². The third kappa shape index (κ3) is 2.85. The Kier molecular flexibility index (Phi) is 4.22. The van der Waals surface area contributed by atoms with Crippen LogP contribution in [-0.2, 0) is 0 Å². The van der Waals surface area contributed by atoms with Gasteiger partial charge >= 0.3 is 0 Å². The second kappa shape index (κ2) is 7.61. The molecule has 0 bridgehead atoms. The van der Waals surface area contributed by atoms with Gasteiger partial charge in [0.2, 0.25) is 0 Å². The van der Waals surface area contributed by atoms with Crippen LogP contribution in [0.5, 0.6) is 0 Å². The Morgan fingerprint density at radius 1 is 0.472 bits per heavy atom. The molecule has 1 aliphatic rings. The largest absolute Gasteiger partial charge is 0.309 e. The predicted octanol–water partition coefficient (Wildman–Crippen LogP) is 9.74. The zero-order valence-corrected chi connectivity index (χ0v) is 20.3. The minimum Gasteiger partial charge on any atom is -0.309 e. The van der Waals surface area contributed by atoms with Crippen molar-refractivity contribution in [3.63, 3.8) is 0 Å². The minimum atomic E-state index is 1.19. The Balaban J connectivity index is 1.34. The van der Waals surface area contributed by atoms with E-state index in [9.17, 15) is 0 Å². The molecule has 0 spiro atoms. The molecule has 0 saturated heterocycles. The van der Waals surface area contributed by atoms with Crippen LogP contribution >= 0.6 is 11.8 Å². The molecule has 36 heavy (non-hydrogen) atoms. The molecule has 2 heteroatoms. The van der Waals surface area contributed by atoms with Gasteiger partial charge in [0.1, 0.15) is 0 Å². The van der Waals surface area contributed by atoms with Gasteiger partial charge in [0.15, 0.2) is 0 Å². The second-order valence-electron chi connectivity index (χ2n) is 9.39. The molecule has 2 heterocycles. The first kappa shape index (κ1) is 20.0. The van der Waals surface area contributed by atoms with Gasteiger partial charge in [-0.1, -0.05) is 90.6 Å². The van der Waals surface area contributed by atoms with Crippen LogP contribution < -0.4 is 0 Å². The Morgan fingerprint density at radius 3 is 2.14 bits per heavy atom. The molecule has 0 radical (unpaired) electrons. The van der Waals surface area contributed by atoms with Crippen molar-refractivity contribution in [2.24, 2.45) is 0 Å². The SMILES string of the molecule is c1ccc(-n2c3ccccc3c3cc(-c4ccc5c(c4)-c4cccc6cccc(c46)S5)ccc32)cc1. The lowest BCUT2D eigenvalue weighted by Gasteiger charge is -2.21. The average Bonchev–Trinajstić information content (AvgIpc) is 3.27. The van der Waals surface area contributed by atoms with Crippen molar-refractivity contribution >= 4 is 44.3 Å². The summed E-state index contributed by atoms with van der Waals surface area (Å²) in [5.74, 6) is 0. The Morgan fingerprint density at radius 2 is 1.22 bits per heavy atom. The Bertz CT molecular complexity index is 1960. The molecule has 0 fully saturated rings. The van der Waals surface area contributed by atoms with Crippen molar-refractivity contribution in [3.05, 3.63) is 127 Å². The molecule has 8 rings (SSSR count). The van der Waals surface area contributed by atoms with Crippen molar-refractivity contribution in [2.45, 2.75) is 9.79 Å². The fourth-order valence-electron chi connectivity index (χ4n) is 5.75. The van der Waals surface area contributed by atoms with Gasteiger partial charge in [0.25, 0.3) is 0 Å². The summed E-state index contributed by atoms with van der Waals surface area (Å²) < 4.78 is 2.37. The normalized spacial score (nSPS) is 12.3. The number of fused-ring (bicyclic) bond motifs is 5.